The number of hydrogen-bond donors (Lipinski definition) is 1. The molecule has 21 heavy (non-hydrogen) atoms. The van der Waals surface area contributed by atoms with Gasteiger partial charge in [-0.15, -0.1) is 0 Å². The Hall–Kier alpha value is -1.07. The highest BCUT2D eigenvalue weighted by molar-refractivity contribution is 5.29. The molecule has 0 spiro atoms. The van der Waals surface area contributed by atoms with Crippen LogP contribution < -0.4 is 10.2 Å². The smallest absolute Gasteiger partial charge is 0.297 e. The van der Waals surface area contributed by atoms with E-state index in [-0.39, 0.29) is 0 Å². The molecule has 1 atom stereocenters. The highest BCUT2D eigenvalue weighted by atomic mass is 16.4. The van der Waals surface area contributed by atoms with Crippen molar-refractivity contribution in [3.63, 3.8) is 0 Å². The maximum Gasteiger partial charge on any atom is 0.297 e. The molecular weight excluding hydrogens is 264 g/mol. The quantitative estimate of drug-likeness (QED) is 0.797. The van der Waals surface area contributed by atoms with Crippen LogP contribution in [-0.4, -0.2) is 48.6 Å². The number of hydrogen-bond acceptors (Lipinski definition) is 5. The summed E-state index contributed by atoms with van der Waals surface area (Å²) in [5, 5.41) is 3.40. The summed E-state index contributed by atoms with van der Waals surface area (Å²) in [6.45, 7) is 15.0. The Kier molecular flexibility index (Phi) is 6.06. The molecule has 5 nitrogen and oxygen atoms in total. The fraction of sp³-hybridized carbons (Fsp3) is 0.812. The Balaban J connectivity index is 1.84. The lowest BCUT2D eigenvalue weighted by Crippen LogP contribution is -2.37. The van der Waals surface area contributed by atoms with Crippen molar-refractivity contribution in [2.75, 3.05) is 37.6 Å². The van der Waals surface area contributed by atoms with E-state index in [0.29, 0.717) is 12.0 Å². The summed E-state index contributed by atoms with van der Waals surface area (Å²) in [6.07, 6.45) is 2.98. The first kappa shape index (κ1) is 16.3. The molecule has 1 aliphatic rings. The predicted octanol–water partition coefficient (Wildman–Crippen LogP) is 2.34. The molecule has 1 fully saturated rings. The molecule has 0 bridgehead atoms. The van der Waals surface area contributed by atoms with Gasteiger partial charge in [-0.05, 0) is 32.0 Å². The van der Waals surface area contributed by atoms with Gasteiger partial charge in [0.2, 0.25) is 0 Å². The summed E-state index contributed by atoms with van der Waals surface area (Å²) in [5.41, 5.74) is 0.997. The number of nitrogens with one attached hydrogen (secondary N) is 1. The highest BCUT2D eigenvalue weighted by Gasteiger charge is 2.28. The number of nitrogens with zero attached hydrogens (tertiary/aromatic N) is 3. The average molecular weight is 294 g/mol. The Morgan fingerprint density at radius 1 is 1.43 bits per heavy atom. The molecule has 0 aromatic carbocycles. The average Bonchev–Trinajstić information content (AvgIpc) is 3.09. The number of rotatable bonds is 8. The maximum absolute atomic E-state index is 5.66. The van der Waals surface area contributed by atoms with E-state index in [4.69, 9.17) is 4.42 Å². The van der Waals surface area contributed by atoms with Crippen molar-refractivity contribution in [2.24, 2.45) is 5.92 Å². The van der Waals surface area contributed by atoms with Crippen molar-refractivity contribution in [1.29, 1.82) is 0 Å². The standard InChI is InChI=1S/C16H30N4O/c1-5-19(6-2)15-7-8-20(11-15)16-18-14(12-21-16)10-17-9-13(3)4/h12-13,15,17H,5-11H2,1-4H3. The molecule has 0 radical (unpaired) electrons. The molecule has 2 heterocycles. The zero-order valence-corrected chi connectivity index (χ0v) is 13.9. The second-order valence-electron chi connectivity index (χ2n) is 6.26. The summed E-state index contributed by atoms with van der Waals surface area (Å²) in [7, 11) is 0. The van der Waals surface area contributed by atoms with Crippen LogP contribution >= 0.6 is 0 Å². The third kappa shape index (κ3) is 4.45. The normalized spacial score (nSPS) is 19.1. The third-order valence-electron chi connectivity index (χ3n) is 4.16. The zero-order chi connectivity index (χ0) is 15.2. The molecule has 1 aromatic heterocycles. The minimum Gasteiger partial charge on any atom is -0.432 e. The molecule has 5 heteroatoms. The van der Waals surface area contributed by atoms with Crippen LogP contribution in [0.1, 0.15) is 39.8 Å². The number of anilines is 1. The fourth-order valence-corrected chi connectivity index (χ4v) is 2.97. The van der Waals surface area contributed by atoms with Crippen molar-refractivity contribution in [3.8, 4) is 0 Å². The number of aromatic nitrogens is 1. The van der Waals surface area contributed by atoms with Crippen LogP contribution in [0, 0.1) is 5.92 Å². The molecule has 1 aliphatic heterocycles. The second-order valence-corrected chi connectivity index (χ2v) is 6.26. The van der Waals surface area contributed by atoms with E-state index in [1.165, 1.54) is 6.42 Å². The van der Waals surface area contributed by atoms with E-state index >= 15 is 0 Å². The molecular formula is C16H30N4O. The van der Waals surface area contributed by atoms with E-state index in [9.17, 15) is 0 Å². The Morgan fingerprint density at radius 2 is 2.19 bits per heavy atom. The minimum atomic E-state index is 0.634. The predicted molar refractivity (Wildman–Crippen MR) is 86.6 cm³/mol. The van der Waals surface area contributed by atoms with E-state index in [2.05, 4.69) is 47.8 Å². The first-order valence-electron chi connectivity index (χ1n) is 8.28. The summed E-state index contributed by atoms with van der Waals surface area (Å²) in [6, 6.07) is 1.42. The van der Waals surface area contributed by atoms with Crippen LogP contribution in [0.2, 0.25) is 0 Å². The molecule has 1 aromatic rings. The van der Waals surface area contributed by atoms with E-state index in [1.807, 2.05) is 0 Å². The molecule has 1 N–H and O–H groups in total. The molecule has 0 saturated carbocycles. The van der Waals surface area contributed by atoms with Gasteiger partial charge in [-0.25, -0.2) is 0 Å². The molecule has 0 aliphatic carbocycles. The van der Waals surface area contributed by atoms with Crippen LogP contribution in [0.4, 0.5) is 6.01 Å². The van der Waals surface area contributed by atoms with Crippen molar-refractivity contribution in [1.82, 2.24) is 15.2 Å². The van der Waals surface area contributed by atoms with Gasteiger partial charge in [-0.1, -0.05) is 27.7 Å². The van der Waals surface area contributed by atoms with Gasteiger partial charge < -0.3 is 14.6 Å². The van der Waals surface area contributed by atoms with Crippen LogP contribution in [0.5, 0.6) is 0 Å². The topological polar surface area (TPSA) is 44.5 Å². The monoisotopic (exact) mass is 294 g/mol. The van der Waals surface area contributed by atoms with Gasteiger partial charge in [0.15, 0.2) is 0 Å². The van der Waals surface area contributed by atoms with Crippen LogP contribution in [-0.2, 0) is 6.54 Å². The van der Waals surface area contributed by atoms with Gasteiger partial charge in [-0.2, -0.15) is 4.98 Å². The lowest BCUT2D eigenvalue weighted by atomic mass is 10.2. The van der Waals surface area contributed by atoms with Crippen molar-refractivity contribution in [3.05, 3.63) is 12.0 Å². The van der Waals surface area contributed by atoms with Crippen molar-refractivity contribution < 1.29 is 4.42 Å². The summed E-state index contributed by atoms with van der Waals surface area (Å²) in [5.74, 6) is 0.657. The number of likely N-dealkylation sites (N-methyl/N-ethyl adjacent to an activating group) is 1. The second kappa shape index (κ2) is 7.80. The van der Waals surface area contributed by atoms with Gasteiger partial charge in [0.1, 0.15) is 6.26 Å². The summed E-state index contributed by atoms with van der Waals surface area (Å²) < 4.78 is 5.66. The zero-order valence-electron chi connectivity index (χ0n) is 13.9. The van der Waals surface area contributed by atoms with Gasteiger partial charge in [-0.3, -0.25) is 4.90 Å². The van der Waals surface area contributed by atoms with Gasteiger partial charge in [0.25, 0.3) is 6.01 Å². The van der Waals surface area contributed by atoms with Crippen LogP contribution in [0.25, 0.3) is 0 Å². The lowest BCUT2D eigenvalue weighted by Gasteiger charge is -2.25. The van der Waals surface area contributed by atoms with Gasteiger partial charge >= 0.3 is 0 Å². The minimum absolute atomic E-state index is 0.634. The first-order valence-corrected chi connectivity index (χ1v) is 8.28. The Bertz CT molecular complexity index is 414. The lowest BCUT2D eigenvalue weighted by molar-refractivity contribution is 0.232. The van der Waals surface area contributed by atoms with Crippen LogP contribution in [0.3, 0.4) is 0 Å². The van der Waals surface area contributed by atoms with Crippen molar-refractivity contribution in [2.45, 2.75) is 46.7 Å². The summed E-state index contributed by atoms with van der Waals surface area (Å²) in [4.78, 5) is 9.41. The highest BCUT2D eigenvalue weighted by Crippen LogP contribution is 2.22. The van der Waals surface area contributed by atoms with E-state index in [1.54, 1.807) is 6.26 Å². The SMILES string of the molecule is CCN(CC)C1CCN(c2nc(CNCC(C)C)co2)C1. The van der Waals surface area contributed by atoms with Gasteiger partial charge in [0.05, 0.1) is 5.69 Å². The molecule has 1 saturated heterocycles. The molecule has 120 valence electrons. The fourth-order valence-electron chi connectivity index (χ4n) is 2.97. The Morgan fingerprint density at radius 3 is 2.86 bits per heavy atom. The van der Waals surface area contributed by atoms with Crippen LogP contribution in [0.15, 0.2) is 10.7 Å². The molecule has 2 rings (SSSR count). The molecule has 0 amide bonds. The third-order valence-corrected chi connectivity index (χ3v) is 4.16. The summed E-state index contributed by atoms with van der Waals surface area (Å²) >= 11 is 0. The van der Waals surface area contributed by atoms with Gasteiger partial charge in [0, 0.05) is 25.7 Å². The maximum atomic E-state index is 5.66. The van der Waals surface area contributed by atoms with E-state index in [0.717, 1.165) is 51.0 Å². The largest absolute Gasteiger partial charge is 0.432 e. The van der Waals surface area contributed by atoms with Crippen molar-refractivity contribution >= 4 is 6.01 Å². The molecule has 1 unspecified atom stereocenters. The van der Waals surface area contributed by atoms with E-state index < -0.39 is 0 Å². The number of oxazole rings is 1. The Labute approximate surface area is 128 Å². The first-order chi connectivity index (χ1) is 10.1.